The van der Waals surface area contributed by atoms with Crippen LogP contribution in [0.1, 0.15) is 5.56 Å². The Balaban J connectivity index is 1.67. The van der Waals surface area contributed by atoms with Gasteiger partial charge in [0.25, 0.3) is 0 Å². The lowest BCUT2D eigenvalue weighted by Crippen LogP contribution is -2.32. The zero-order valence-electron chi connectivity index (χ0n) is 14.7. The number of nitrogens with zero attached hydrogens (tertiary/aromatic N) is 1. The van der Waals surface area contributed by atoms with Gasteiger partial charge in [-0.25, -0.2) is 4.98 Å². The van der Waals surface area contributed by atoms with Crippen LogP contribution in [-0.2, 0) is 4.79 Å². The van der Waals surface area contributed by atoms with Crippen molar-refractivity contribution in [3.05, 3.63) is 54.1 Å². The van der Waals surface area contributed by atoms with Crippen molar-refractivity contribution in [2.75, 3.05) is 19.5 Å². The summed E-state index contributed by atoms with van der Waals surface area (Å²) in [5, 5.41) is 6.24. The van der Waals surface area contributed by atoms with Gasteiger partial charge in [-0.15, -0.1) is 0 Å². The molecule has 1 amide bonds. The van der Waals surface area contributed by atoms with E-state index in [1.54, 1.807) is 26.4 Å². The van der Waals surface area contributed by atoms with Crippen molar-refractivity contribution in [3.63, 3.8) is 0 Å². The summed E-state index contributed by atoms with van der Waals surface area (Å²) in [6.45, 7) is 0. The number of nitrogens with one attached hydrogen (secondary N) is 2. The van der Waals surface area contributed by atoms with Crippen LogP contribution >= 0.6 is 23.6 Å². The summed E-state index contributed by atoms with van der Waals surface area (Å²) >= 11 is 6.57. The number of hydrogen-bond donors (Lipinski definition) is 2. The van der Waals surface area contributed by atoms with Crippen molar-refractivity contribution in [2.24, 2.45) is 0 Å². The van der Waals surface area contributed by atoms with Gasteiger partial charge in [0.05, 0.1) is 18.9 Å². The lowest BCUT2D eigenvalue weighted by molar-refractivity contribution is -0.115. The smallest absolute Gasteiger partial charge is 0.250 e. The molecule has 0 atom stereocenters. The number of aromatic nitrogens is 1. The average Bonchev–Trinajstić information content (AvgIpc) is 3.08. The minimum atomic E-state index is -0.322. The third kappa shape index (κ3) is 4.81. The fourth-order valence-electron chi connectivity index (χ4n) is 2.32. The highest BCUT2D eigenvalue weighted by molar-refractivity contribution is 7.80. The number of amides is 1. The zero-order valence-corrected chi connectivity index (χ0v) is 16.3. The number of carbonyl (C=O) groups excluding carboxylic acids is 1. The van der Waals surface area contributed by atoms with Crippen molar-refractivity contribution in [3.8, 4) is 11.5 Å². The maximum atomic E-state index is 12.0. The van der Waals surface area contributed by atoms with Crippen LogP contribution < -0.4 is 20.1 Å². The summed E-state index contributed by atoms with van der Waals surface area (Å²) in [5.41, 5.74) is 1.63. The molecule has 27 heavy (non-hydrogen) atoms. The molecule has 3 rings (SSSR count). The molecule has 0 radical (unpaired) electrons. The second kappa shape index (κ2) is 8.61. The molecular weight excluding hydrogens is 382 g/mol. The molecule has 0 aliphatic carbocycles. The van der Waals surface area contributed by atoms with Crippen LogP contribution in [0.15, 0.2) is 48.5 Å². The van der Waals surface area contributed by atoms with Crippen molar-refractivity contribution in [2.45, 2.75) is 0 Å². The molecule has 8 heteroatoms. The lowest BCUT2D eigenvalue weighted by Gasteiger charge is -2.04. The zero-order chi connectivity index (χ0) is 19.2. The van der Waals surface area contributed by atoms with E-state index in [0.717, 1.165) is 10.3 Å². The highest BCUT2D eigenvalue weighted by Crippen LogP contribution is 2.36. The van der Waals surface area contributed by atoms with E-state index in [9.17, 15) is 4.79 Å². The van der Waals surface area contributed by atoms with Gasteiger partial charge >= 0.3 is 0 Å². The van der Waals surface area contributed by atoms with Gasteiger partial charge in [-0.2, -0.15) is 0 Å². The van der Waals surface area contributed by atoms with Crippen LogP contribution in [0.3, 0.4) is 0 Å². The lowest BCUT2D eigenvalue weighted by atomic mass is 10.2. The highest BCUT2D eigenvalue weighted by Gasteiger charge is 2.12. The van der Waals surface area contributed by atoms with Crippen LogP contribution in [0.4, 0.5) is 5.13 Å². The number of benzene rings is 2. The molecule has 3 aromatic rings. The van der Waals surface area contributed by atoms with E-state index in [1.807, 2.05) is 36.4 Å². The van der Waals surface area contributed by atoms with Crippen LogP contribution in [0.25, 0.3) is 16.3 Å². The summed E-state index contributed by atoms with van der Waals surface area (Å²) in [7, 11) is 3.17. The largest absolute Gasteiger partial charge is 0.497 e. The molecular formula is C19H17N3O3S2. The minimum absolute atomic E-state index is 0.169. The standard InChI is InChI=1S/C19H17N3O3S2/c1-24-13-10-14(25-2)17-15(11-13)27-19(21-17)22-18(26)20-16(23)9-8-12-6-4-3-5-7-12/h3-11H,1-2H3,(H2,20,21,22,23,26). The van der Waals surface area contributed by atoms with E-state index in [1.165, 1.54) is 17.4 Å². The van der Waals surface area contributed by atoms with Gasteiger partial charge in [-0.05, 0) is 29.9 Å². The van der Waals surface area contributed by atoms with E-state index in [2.05, 4.69) is 15.6 Å². The van der Waals surface area contributed by atoms with Gasteiger partial charge in [-0.3, -0.25) is 10.1 Å². The Kier molecular flexibility index (Phi) is 6.00. The topological polar surface area (TPSA) is 72.5 Å². The Labute approximate surface area is 165 Å². The predicted molar refractivity (Wildman–Crippen MR) is 113 cm³/mol. The maximum absolute atomic E-state index is 12.0. The van der Waals surface area contributed by atoms with Crippen LogP contribution in [-0.4, -0.2) is 30.2 Å². The first-order chi connectivity index (χ1) is 13.1. The molecule has 0 fully saturated rings. The van der Waals surface area contributed by atoms with E-state index in [0.29, 0.717) is 22.1 Å². The number of carbonyl (C=O) groups is 1. The quantitative estimate of drug-likeness (QED) is 0.502. The average molecular weight is 399 g/mol. The number of hydrogen-bond acceptors (Lipinski definition) is 6. The second-order valence-electron chi connectivity index (χ2n) is 5.38. The van der Waals surface area contributed by atoms with Crippen molar-refractivity contribution < 1.29 is 14.3 Å². The van der Waals surface area contributed by atoms with Crippen molar-refractivity contribution in [1.82, 2.24) is 10.3 Å². The van der Waals surface area contributed by atoms with Crippen LogP contribution in [0.2, 0.25) is 0 Å². The first-order valence-corrected chi connectivity index (χ1v) is 9.19. The molecule has 0 saturated heterocycles. The number of anilines is 1. The number of ether oxygens (including phenoxy) is 2. The Morgan fingerprint density at radius 3 is 2.67 bits per heavy atom. The molecule has 2 aromatic carbocycles. The molecule has 0 spiro atoms. The van der Waals surface area contributed by atoms with Gasteiger partial charge in [0.1, 0.15) is 17.0 Å². The van der Waals surface area contributed by atoms with Gasteiger partial charge in [-0.1, -0.05) is 41.7 Å². The van der Waals surface area contributed by atoms with Crippen LogP contribution in [0.5, 0.6) is 11.5 Å². The van der Waals surface area contributed by atoms with E-state index < -0.39 is 0 Å². The Hall–Kier alpha value is -2.97. The Bertz CT molecular complexity index is 1000. The molecule has 138 valence electrons. The molecule has 0 aliphatic heterocycles. The number of fused-ring (bicyclic) bond motifs is 1. The normalized spacial score (nSPS) is 10.7. The molecule has 0 bridgehead atoms. The van der Waals surface area contributed by atoms with Gasteiger partial charge < -0.3 is 14.8 Å². The molecule has 0 unspecified atom stereocenters. The molecule has 0 saturated carbocycles. The summed E-state index contributed by atoms with van der Waals surface area (Å²) < 4.78 is 11.5. The van der Waals surface area contributed by atoms with E-state index in [4.69, 9.17) is 21.7 Å². The van der Waals surface area contributed by atoms with E-state index in [-0.39, 0.29) is 11.0 Å². The fraction of sp³-hybridized carbons (Fsp3) is 0.105. The second-order valence-corrected chi connectivity index (χ2v) is 6.82. The third-order valence-corrected chi connectivity index (χ3v) is 4.69. The fourth-order valence-corrected chi connectivity index (χ4v) is 3.50. The predicted octanol–water partition coefficient (Wildman–Crippen LogP) is 3.84. The first kappa shape index (κ1) is 18.8. The molecule has 6 nitrogen and oxygen atoms in total. The SMILES string of the molecule is COc1cc(OC)c2nc(NC(=S)NC(=O)C=Cc3ccccc3)sc2c1. The highest BCUT2D eigenvalue weighted by atomic mass is 32.1. The van der Waals surface area contributed by atoms with Gasteiger partial charge in [0.15, 0.2) is 10.2 Å². The molecule has 2 N–H and O–H groups in total. The molecule has 1 heterocycles. The number of thiocarbonyl (C=S) groups is 1. The van der Waals surface area contributed by atoms with E-state index >= 15 is 0 Å². The van der Waals surface area contributed by atoms with Crippen molar-refractivity contribution in [1.29, 1.82) is 0 Å². The summed E-state index contributed by atoms with van der Waals surface area (Å²) in [5.74, 6) is 0.961. The molecule has 0 aliphatic rings. The van der Waals surface area contributed by atoms with Gasteiger partial charge in [0, 0.05) is 12.1 Å². The van der Waals surface area contributed by atoms with Crippen LogP contribution in [0, 0.1) is 0 Å². The minimum Gasteiger partial charge on any atom is -0.497 e. The number of thiazole rings is 1. The molecule has 1 aromatic heterocycles. The summed E-state index contributed by atoms with van der Waals surface area (Å²) in [6, 6.07) is 13.2. The monoisotopic (exact) mass is 399 g/mol. The third-order valence-electron chi connectivity index (χ3n) is 3.57. The summed E-state index contributed by atoms with van der Waals surface area (Å²) in [4.78, 5) is 16.5. The maximum Gasteiger partial charge on any atom is 0.250 e. The Morgan fingerprint density at radius 1 is 1.19 bits per heavy atom. The number of methoxy groups -OCH3 is 2. The first-order valence-electron chi connectivity index (χ1n) is 7.96. The number of rotatable bonds is 5. The van der Waals surface area contributed by atoms with Crippen molar-refractivity contribution >= 4 is 56.0 Å². The Morgan fingerprint density at radius 2 is 1.96 bits per heavy atom. The summed E-state index contributed by atoms with van der Waals surface area (Å²) in [6.07, 6.45) is 3.14. The van der Waals surface area contributed by atoms with Gasteiger partial charge in [0.2, 0.25) is 5.91 Å².